The van der Waals surface area contributed by atoms with Crippen LogP contribution in [-0.2, 0) is 12.4 Å². The molecule has 3 aromatic heterocycles. The first-order valence-corrected chi connectivity index (χ1v) is 18.9. The van der Waals surface area contributed by atoms with Crippen LogP contribution >= 0.6 is 0 Å². The van der Waals surface area contributed by atoms with Crippen LogP contribution in [0, 0.1) is 11.3 Å². The highest BCUT2D eigenvalue weighted by Gasteiger charge is 2.33. The van der Waals surface area contributed by atoms with Gasteiger partial charge in [-0.15, -0.1) is 0 Å². The zero-order chi connectivity index (χ0) is 41.3. The molecule has 0 bridgehead atoms. The van der Waals surface area contributed by atoms with Gasteiger partial charge in [0.15, 0.2) is 0 Å². The number of para-hydroxylation sites is 2. The number of alkyl halides is 6. The van der Waals surface area contributed by atoms with E-state index in [1.807, 2.05) is 94.1 Å². The van der Waals surface area contributed by atoms with Crippen LogP contribution in [0.4, 0.5) is 26.3 Å². The lowest BCUT2D eigenvalue weighted by atomic mass is 9.95. The second-order valence-electron chi connectivity index (χ2n) is 14.5. The lowest BCUT2D eigenvalue weighted by molar-refractivity contribution is -0.138. The normalized spacial score (nSPS) is 12.2. The molecule has 3 heterocycles. The van der Waals surface area contributed by atoms with E-state index >= 15 is 0 Å². The highest BCUT2D eigenvalue weighted by molar-refractivity contribution is 6.12. The van der Waals surface area contributed by atoms with E-state index in [4.69, 9.17) is 4.98 Å². The van der Waals surface area contributed by atoms with E-state index in [-0.39, 0.29) is 5.56 Å². The number of hydrogen-bond donors (Lipinski definition) is 0. The predicted molar refractivity (Wildman–Crippen MR) is 224 cm³/mol. The average Bonchev–Trinajstić information content (AvgIpc) is 3.78. The number of fused-ring (bicyclic) bond motifs is 6. The molecule has 290 valence electrons. The molecule has 0 saturated carbocycles. The van der Waals surface area contributed by atoms with Gasteiger partial charge in [0.25, 0.3) is 0 Å². The molecule has 4 nitrogen and oxygen atoms in total. The van der Waals surface area contributed by atoms with Crippen LogP contribution in [0.2, 0.25) is 0 Å². The lowest BCUT2D eigenvalue weighted by Crippen LogP contribution is -2.07. The molecule has 0 fully saturated rings. The summed E-state index contributed by atoms with van der Waals surface area (Å²) in [4.78, 5) is 5.02. The van der Waals surface area contributed by atoms with E-state index in [1.54, 1.807) is 48.5 Å². The van der Waals surface area contributed by atoms with Crippen LogP contribution in [0.25, 0.3) is 88.6 Å². The highest BCUT2D eigenvalue weighted by Crippen LogP contribution is 2.44. The van der Waals surface area contributed by atoms with Gasteiger partial charge in [0, 0.05) is 38.2 Å². The van der Waals surface area contributed by atoms with Crippen molar-refractivity contribution in [1.29, 1.82) is 5.26 Å². The van der Waals surface area contributed by atoms with Crippen LogP contribution in [0.5, 0.6) is 0 Å². The van der Waals surface area contributed by atoms with Crippen molar-refractivity contribution < 1.29 is 26.3 Å². The zero-order valence-corrected chi connectivity index (χ0v) is 31.2. The molecule has 0 N–H and O–H groups in total. The Morgan fingerprint density at radius 3 is 1.28 bits per heavy atom. The zero-order valence-electron chi connectivity index (χ0n) is 31.2. The van der Waals surface area contributed by atoms with Crippen molar-refractivity contribution in [1.82, 2.24) is 14.1 Å². The first-order chi connectivity index (χ1) is 29.0. The SMILES string of the molecule is N#Cc1cc(-n2c3ccccc3c3cc(C(F)(F)F)ccc32)c(-n2c3ccccc3c3cc(C(F)(F)F)ccc32)cc1-c1cc(-c2ccccc2)nc(-c2ccccc2)c1. The number of benzene rings is 7. The highest BCUT2D eigenvalue weighted by atomic mass is 19.4. The van der Waals surface area contributed by atoms with Gasteiger partial charge in [0.1, 0.15) is 0 Å². The molecule has 10 rings (SSSR count). The molecule has 10 heteroatoms. The van der Waals surface area contributed by atoms with Gasteiger partial charge in [-0.3, -0.25) is 0 Å². The number of nitrogens with zero attached hydrogens (tertiary/aromatic N) is 4. The maximum atomic E-state index is 14.2. The van der Waals surface area contributed by atoms with Crippen LogP contribution in [0.3, 0.4) is 0 Å². The average molecular weight is 799 g/mol. The fourth-order valence-corrected chi connectivity index (χ4v) is 8.28. The van der Waals surface area contributed by atoms with Crippen molar-refractivity contribution >= 4 is 43.6 Å². The van der Waals surface area contributed by atoms with Gasteiger partial charge in [-0.05, 0) is 78.4 Å². The molecule has 0 amide bonds. The van der Waals surface area contributed by atoms with Gasteiger partial charge in [-0.1, -0.05) is 97.1 Å². The van der Waals surface area contributed by atoms with E-state index < -0.39 is 23.5 Å². The standard InChI is InChI=1S/C50H28F6N4/c51-49(52,53)34-19-21-45-39(26-34)36-15-7-9-17-43(36)59(45)47-25-33(29-57)38(32-23-41(30-11-3-1-4-12-30)58-42(24-32)31-13-5-2-6-14-31)28-48(47)60-44-18-10-8-16-37(44)40-27-35(50(54,55)56)20-22-46(40)60/h1-28H. The number of aromatic nitrogens is 3. The van der Waals surface area contributed by atoms with Gasteiger partial charge >= 0.3 is 12.4 Å². The summed E-state index contributed by atoms with van der Waals surface area (Å²) >= 11 is 0. The maximum Gasteiger partial charge on any atom is 0.416 e. The third-order valence-electron chi connectivity index (χ3n) is 11.0. The van der Waals surface area contributed by atoms with Gasteiger partial charge in [0.05, 0.1) is 67.6 Å². The fourth-order valence-electron chi connectivity index (χ4n) is 8.28. The number of halogens is 6. The Kier molecular flexibility index (Phi) is 8.40. The minimum Gasteiger partial charge on any atom is -0.307 e. The quantitative estimate of drug-likeness (QED) is 0.163. The molecule has 7 aromatic carbocycles. The Morgan fingerprint density at radius 2 is 0.833 bits per heavy atom. The molecule has 0 aliphatic rings. The molecule has 0 aliphatic heterocycles. The molecule has 0 saturated heterocycles. The minimum atomic E-state index is -4.60. The molecular weight excluding hydrogens is 771 g/mol. The predicted octanol–water partition coefficient (Wildman–Crippen LogP) is 14.2. The first-order valence-electron chi connectivity index (χ1n) is 18.9. The third-order valence-corrected chi connectivity index (χ3v) is 11.0. The van der Waals surface area contributed by atoms with E-state index in [0.29, 0.717) is 77.5 Å². The summed E-state index contributed by atoms with van der Waals surface area (Å²) in [5.41, 5.74) is 5.82. The van der Waals surface area contributed by atoms with Crippen LogP contribution in [0.15, 0.2) is 170 Å². The third kappa shape index (κ3) is 6.05. The van der Waals surface area contributed by atoms with Gasteiger partial charge in [-0.2, -0.15) is 31.6 Å². The molecular formula is C50H28F6N4. The number of pyridine rings is 1. The molecule has 10 aromatic rings. The maximum absolute atomic E-state index is 14.2. The summed E-state index contributed by atoms with van der Waals surface area (Å²) in [5.74, 6) is 0. The molecule has 0 radical (unpaired) electrons. The van der Waals surface area contributed by atoms with Gasteiger partial charge in [-0.25, -0.2) is 4.98 Å². The van der Waals surface area contributed by atoms with Crippen LogP contribution in [-0.4, -0.2) is 14.1 Å². The van der Waals surface area contributed by atoms with Crippen molar-refractivity contribution in [2.24, 2.45) is 0 Å². The van der Waals surface area contributed by atoms with Crippen molar-refractivity contribution in [3.63, 3.8) is 0 Å². The molecule has 0 atom stereocenters. The van der Waals surface area contributed by atoms with Crippen molar-refractivity contribution in [3.05, 3.63) is 187 Å². The Labute approximate surface area is 338 Å². The van der Waals surface area contributed by atoms with Crippen molar-refractivity contribution in [2.45, 2.75) is 12.4 Å². The molecule has 0 aliphatic carbocycles. The van der Waals surface area contributed by atoms with Crippen molar-refractivity contribution in [2.75, 3.05) is 0 Å². The Balaban J connectivity index is 1.35. The fraction of sp³-hybridized carbons (Fsp3) is 0.0400. The van der Waals surface area contributed by atoms with Crippen LogP contribution in [0.1, 0.15) is 16.7 Å². The van der Waals surface area contributed by atoms with Crippen molar-refractivity contribution in [3.8, 4) is 51.1 Å². The summed E-state index contributed by atoms with van der Waals surface area (Å²) in [6.07, 6.45) is -9.20. The summed E-state index contributed by atoms with van der Waals surface area (Å²) in [5, 5.41) is 12.8. The Bertz CT molecular complexity index is 3300. The monoisotopic (exact) mass is 798 g/mol. The topological polar surface area (TPSA) is 46.5 Å². The second-order valence-corrected chi connectivity index (χ2v) is 14.5. The summed E-state index contributed by atoms with van der Waals surface area (Å²) in [6.45, 7) is 0. The smallest absolute Gasteiger partial charge is 0.307 e. The molecule has 0 spiro atoms. The largest absolute Gasteiger partial charge is 0.416 e. The summed E-state index contributed by atoms with van der Waals surface area (Å²) in [6, 6.07) is 50.4. The van der Waals surface area contributed by atoms with E-state index in [2.05, 4.69) is 6.07 Å². The number of nitriles is 1. The Morgan fingerprint density at radius 1 is 0.417 bits per heavy atom. The van der Waals surface area contributed by atoms with Gasteiger partial charge < -0.3 is 9.13 Å². The van der Waals surface area contributed by atoms with E-state index in [0.717, 1.165) is 35.4 Å². The second kappa shape index (κ2) is 13.7. The number of hydrogen-bond acceptors (Lipinski definition) is 2. The molecule has 60 heavy (non-hydrogen) atoms. The van der Waals surface area contributed by atoms with E-state index in [9.17, 15) is 31.6 Å². The first kappa shape index (κ1) is 36.7. The van der Waals surface area contributed by atoms with Gasteiger partial charge in [0.2, 0.25) is 0 Å². The summed E-state index contributed by atoms with van der Waals surface area (Å²) < 4.78 is 88.8. The molecule has 0 unspecified atom stereocenters. The van der Waals surface area contributed by atoms with E-state index in [1.165, 1.54) is 12.1 Å². The lowest BCUT2D eigenvalue weighted by Gasteiger charge is -2.20. The number of rotatable bonds is 5. The summed E-state index contributed by atoms with van der Waals surface area (Å²) in [7, 11) is 0. The minimum absolute atomic E-state index is 0.260. The Hall–Kier alpha value is -7.64. The van der Waals surface area contributed by atoms with Crippen LogP contribution < -0.4 is 0 Å².